The minimum absolute atomic E-state index is 0.478. The average molecular weight is 305 g/mol. The third kappa shape index (κ3) is 2.03. The standard InChI is InChI=1S/C15H11N7O/c1-23-12-3-10-8(6-20-22-10)2-11(12)21-15-13-9(4-16)5-17-14(13)18-7-19-15/h2-3,5-7H,1H3,(H,20,22)(H2,17,18,19,21). The Morgan fingerprint density at radius 3 is 3.04 bits per heavy atom. The second kappa shape index (κ2) is 4.99. The van der Waals surface area contributed by atoms with Crippen LogP contribution in [0.1, 0.15) is 5.56 Å². The van der Waals surface area contributed by atoms with Crippen molar-refractivity contribution in [3.63, 3.8) is 0 Å². The maximum absolute atomic E-state index is 9.24. The van der Waals surface area contributed by atoms with Gasteiger partial charge in [-0.25, -0.2) is 9.97 Å². The minimum atomic E-state index is 0.478. The Morgan fingerprint density at radius 2 is 2.22 bits per heavy atom. The van der Waals surface area contributed by atoms with Crippen molar-refractivity contribution in [2.75, 3.05) is 12.4 Å². The maximum atomic E-state index is 9.24. The smallest absolute Gasteiger partial charge is 0.144 e. The van der Waals surface area contributed by atoms with Gasteiger partial charge in [-0.15, -0.1) is 0 Å². The van der Waals surface area contributed by atoms with Gasteiger partial charge in [-0.3, -0.25) is 5.10 Å². The van der Waals surface area contributed by atoms with Crippen LogP contribution in [0.4, 0.5) is 11.5 Å². The lowest BCUT2D eigenvalue weighted by molar-refractivity contribution is 0.417. The Morgan fingerprint density at radius 1 is 1.30 bits per heavy atom. The second-order valence-electron chi connectivity index (χ2n) is 4.89. The molecule has 0 saturated heterocycles. The first-order chi connectivity index (χ1) is 11.3. The summed E-state index contributed by atoms with van der Waals surface area (Å²) < 4.78 is 5.42. The van der Waals surface area contributed by atoms with E-state index in [0.717, 1.165) is 16.6 Å². The first-order valence-electron chi connectivity index (χ1n) is 6.80. The molecule has 0 aliphatic rings. The Hall–Kier alpha value is -3.60. The maximum Gasteiger partial charge on any atom is 0.144 e. The van der Waals surface area contributed by atoms with Crippen LogP contribution in [0.15, 0.2) is 30.9 Å². The van der Waals surface area contributed by atoms with E-state index in [9.17, 15) is 5.26 Å². The number of methoxy groups -OCH3 is 1. The van der Waals surface area contributed by atoms with Crippen LogP contribution in [0, 0.1) is 11.3 Å². The Labute approximate surface area is 130 Å². The number of rotatable bonds is 3. The second-order valence-corrected chi connectivity index (χ2v) is 4.89. The summed E-state index contributed by atoms with van der Waals surface area (Å²) in [6, 6.07) is 5.89. The number of anilines is 2. The Balaban J connectivity index is 1.88. The monoisotopic (exact) mass is 305 g/mol. The van der Waals surface area contributed by atoms with E-state index in [1.54, 1.807) is 19.5 Å². The fourth-order valence-electron chi connectivity index (χ4n) is 2.51. The van der Waals surface area contributed by atoms with Crippen LogP contribution in [0.2, 0.25) is 0 Å². The Bertz CT molecular complexity index is 1060. The van der Waals surface area contributed by atoms with Gasteiger partial charge in [0.05, 0.1) is 35.5 Å². The van der Waals surface area contributed by atoms with Gasteiger partial charge in [0, 0.05) is 17.6 Å². The molecule has 8 heteroatoms. The van der Waals surface area contributed by atoms with Crippen LogP contribution in [-0.2, 0) is 0 Å². The van der Waals surface area contributed by atoms with Gasteiger partial charge < -0.3 is 15.0 Å². The third-order valence-electron chi connectivity index (χ3n) is 3.60. The summed E-state index contributed by atoms with van der Waals surface area (Å²) in [6.45, 7) is 0. The van der Waals surface area contributed by atoms with Crippen LogP contribution < -0.4 is 10.1 Å². The van der Waals surface area contributed by atoms with Gasteiger partial charge in [0.25, 0.3) is 0 Å². The minimum Gasteiger partial charge on any atom is -0.494 e. The summed E-state index contributed by atoms with van der Waals surface area (Å²) in [5, 5.41) is 20.9. The van der Waals surface area contributed by atoms with Gasteiger partial charge in [-0.1, -0.05) is 0 Å². The molecule has 0 amide bonds. The average Bonchev–Trinajstić information content (AvgIpc) is 3.20. The molecule has 0 bridgehead atoms. The number of hydrogen-bond acceptors (Lipinski definition) is 6. The van der Waals surface area contributed by atoms with Crippen molar-refractivity contribution in [2.24, 2.45) is 0 Å². The molecule has 3 aromatic heterocycles. The quantitative estimate of drug-likeness (QED) is 0.535. The van der Waals surface area contributed by atoms with Crippen LogP contribution in [0.25, 0.3) is 21.9 Å². The molecule has 0 atom stereocenters. The van der Waals surface area contributed by atoms with Crippen LogP contribution in [-0.4, -0.2) is 32.3 Å². The summed E-state index contributed by atoms with van der Waals surface area (Å²) in [5.41, 5.74) is 2.68. The molecule has 1 aromatic carbocycles. The highest BCUT2D eigenvalue weighted by Crippen LogP contribution is 2.33. The summed E-state index contributed by atoms with van der Waals surface area (Å²) in [6.07, 6.45) is 4.78. The molecular weight excluding hydrogens is 294 g/mol. The van der Waals surface area contributed by atoms with Gasteiger partial charge in [-0.05, 0) is 6.07 Å². The number of nitriles is 1. The lowest BCUT2D eigenvalue weighted by Crippen LogP contribution is -1.98. The van der Waals surface area contributed by atoms with E-state index >= 15 is 0 Å². The fraction of sp³-hybridized carbons (Fsp3) is 0.0667. The van der Waals surface area contributed by atoms with E-state index in [4.69, 9.17) is 4.74 Å². The number of H-pyrrole nitrogens is 2. The molecule has 0 radical (unpaired) electrons. The molecule has 3 N–H and O–H groups in total. The first kappa shape index (κ1) is 13.1. The number of fused-ring (bicyclic) bond motifs is 2. The number of aromatic amines is 2. The zero-order chi connectivity index (χ0) is 15.8. The number of ether oxygens (including phenoxy) is 1. The third-order valence-corrected chi connectivity index (χ3v) is 3.60. The normalized spacial score (nSPS) is 10.8. The molecule has 3 heterocycles. The van der Waals surface area contributed by atoms with Gasteiger partial charge in [-0.2, -0.15) is 10.4 Å². The first-order valence-corrected chi connectivity index (χ1v) is 6.80. The van der Waals surface area contributed by atoms with Crippen LogP contribution >= 0.6 is 0 Å². The van der Waals surface area contributed by atoms with Crippen LogP contribution in [0.3, 0.4) is 0 Å². The molecule has 0 aliphatic heterocycles. The molecule has 8 nitrogen and oxygen atoms in total. The molecule has 0 aliphatic carbocycles. The van der Waals surface area contributed by atoms with Gasteiger partial charge in [0.2, 0.25) is 0 Å². The van der Waals surface area contributed by atoms with E-state index in [2.05, 4.69) is 36.5 Å². The molecule has 4 aromatic rings. The van der Waals surface area contributed by atoms with E-state index in [1.807, 2.05) is 12.1 Å². The molecular formula is C15H11N7O. The Kier molecular flexibility index (Phi) is 2.84. The van der Waals surface area contributed by atoms with Crippen molar-refractivity contribution in [3.05, 3.63) is 36.4 Å². The van der Waals surface area contributed by atoms with Crippen molar-refractivity contribution in [1.29, 1.82) is 5.26 Å². The summed E-state index contributed by atoms with van der Waals surface area (Å²) in [5.74, 6) is 1.18. The van der Waals surface area contributed by atoms with Crippen molar-refractivity contribution in [3.8, 4) is 11.8 Å². The van der Waals surface area contributed by atoms with Gasteiger partial charge >= 0.3 is 0 Å². The summed E-state index contributed by atoms with van der Waals surface area (Å²) in [7, 11) is 1.59. The van der Waals surface area contributed by atoms with E-state index in [0.29, 0.717) is 28.2 Å². The van der Waals surface area contributed by atoms with Crippen LogP contribution in [0.5, 0.6) is 5.75 Å². The highest BCUT2D eigenvalue weighted by molar-refractivity contribution is 5.95. The van der Waals surface area contributed by atoms with Crippen molar-refractivity contribution in [2.45, 2.75) is 0 Å². The topological polar surface area (TPSA) is 115 Å². The number of nitrogens with one attached hydrogen (secondary N) is 3. The number of aromatic nitrogens is 5. The van der Waals surface area contributed by atoms with Crippen molar-refractivity contribution in [1.82, 2.24) is 25.1 Å². The van der Waals surface area contributed by atoms with Gasteiger partial charge in [0.1, 0.15) is 29.6 Å². The lowest BCUT2D eigenvalue weighted by Gasteiger charge is -2.11. The van der Waals surface area contributed by atoms with E-state index in [1.165, 1.54) is 6.33 Å². The highest BCUT2D eigenvalue weighted by Gasteiger charge is 2.14. The molecule has 4 rings (SSSR count). The molecule has 112 valence electrons. The number of hydrogen-bond donors (Lipinski definition) is 3. The van der Waals surface area contributed by atoms with Crippen molar-refractivity contribution < 1.29 is 4.74 Å². The van der Waals surface area contributed by atoms with Gasteiger partial charge in [0.15, 0.2) is 0 Å². The number of benzene rings is 1. The largest absolute Gasteiger partial charge is 0.494 e. The lowest BCUT2D eigenvalue weighted by atomic mass is 10.2. The SMILES string of the molecule is COc1cc2[nH]ncc2cc1Nc1ncnc2[nH]cc(C#N)c12. The zero-order valence-corrected chi connectivity index (χ0v) is 12.1. The van der Waals surface area contributed by atoms with E-state index < -0.39 is 0 Å². The molecule has 0 spiro atoms. The zero-order valence-electron chi connectivity index (χ0n) is 12.1. The molecule has 0 unspecified atom stereocenters. The fourth-order valence-corrected chi connectivity index (χ4v) is 2.51. The number of nitrogens with zero attached hydrogens (tertiary/aromatic N) is 4. The molecule has 23 heavy (non-hydrogen) atoms. The predicted octanol–water partition coefficient (Wildman–Crippen LogP) is 2.46. The molecule has 0 fully saturated rings. The summed E-state index contributed by atoms with van der Waals surface area (Å²) in [4.78, 5) is 11.3. The van der Waals surface area contributed by atoms with E-state index in [-0.39, 0.29) is 0 Å². The highest BCUT2D eigenvalue weighted by atomic mass is 16.5. The predicted molar refractivity (Wildman–Crippen MR) is 84.5 cm³/mol. The van der Waals surface area contributed by atoms with Crippen molar-refractivity contribution >= 4 is 33.4 Å². The summed E-state index contributed by atoms with van der Waals surface area (Å²) >= 11 is 0. The molecule has 0 saturated carbocycles.